The topological polar surface area (TPSA) is 83.4 Å². The molecule has 3 aromatic carbocycles. The van der Waals surface area contributed by atoms with Gasteiger partial charge in [0.05, 0.1) is 24.4 Å². The van der Waals surface area contributed by atoms with E-state index in [0.717, 1.165) is 23.1 Å². The fourth-order valence-electron chi connectivity index (χ4n) is 3.45. The summed E-state index contributed by atoms with van der Waals surface area (Å²) in [5.41, 5.74) is 4.24. The van der Waals surface area contributed by atoms with Crippen LogP contribution in [0.4, 0.5) is 11.4 Å². The van der Waals surface area contributed by atoms with Crippen molar-refractivity contribution in [1.82, 2.24) is 5.32 Å². The van der Waals surface area contributed by atoms with E-state index in [-0.39, 0.29) is 12.5 Å². The maximum absolute atomic E-state index is 12.7. The minimum absolute atomic E-state index is 0.247. The molecule has 0 spiro atoms. The van der Waals surface area contributed by atoms with Crippen molar-refractivity contribution in [3.05, 3.63) is 109 Å². The lowest BCUT2D eigenvalue weighted by molar-refractivity contribution is -0.108. The summed E-state index contributed by atoms with van der Waals surface area (Å²) in [6, 6.07) is 28.4. The molecule has 1 heterocycles. The van der Waals surface area contributed by atoms with E-state index in [4.69, 9.17) is 4.42 Å². The van der Waals surface area contributed by atoms with Crippen LogP contribution in [0.25, 0.3) is 11.1 Å². The van der Waals surface area contributed by atoms with Crippen LogP contribution < -0.4 is 16.0 Å². The summed E-state index contributed by atoms with van der Waals surface area (Å²) in [5, 5.41) is 9.28. The number of furan rings is 1. The van der Waals surface area contributed by atoms with Crippen molar-refractivity contribution in [1.29, 1.82) is 0 Å². The summed E-state index contributed by atoms with van der Waals surface area (Å²) in [6.07, 6.45) is 2.40. The second-order valence-electron chi connectivity index (χ2n) is 7.52. The fourth-order valence-corrected chi connectivity index (χ4v) is 3.45. The molecule has 0 aliphatic heterocycles. The summed E-state index contributed by atoms with van der Waals surface area (Å²) in [7, 11) is 0. The van der Waals surface area contributed by atoms with E-state index in [1.165, 1.54) is 0 Å². The summed E-state index contributed by atoms with van der Waals surface area (Å²) < 4.78 is 5.25. The molecule has 0 aliphatic carbocycles. The lowest BCUT2D eigenvalue weighted by atomic mass is 10.1. The van der Waals surface area contributed by atoms with Gasteiger partial charge in [-0.1, -0.05) is 54.6 Å². The van der Waals surface area contributed by atoms with Crippen molar-refractivity contribution in [2.24, 2.45) is 0 Å². The third-order valence-corrected chi connectivity index (χ3v) is 5.20. The van der Waals surface area contributed by atoms with Crippen LogP contribution in [0.2, 0.25) is 0 Å². The molecule has 0 saturated heterocycles. The number of hydrogen-bond donors (Lipinski definition) is 3. The molecule has 0 aliphatic rings. The van der Waals surface area contributed by atoms with Crippen molar-refractivity contribution in [2.45, 2.75) is 12.6 Å². The Kier molecular flexibility index (Phi) is 7.18. The second kappa shape index (κ2) is 10.8. The Morgan fingerprint density at radius 3 is 2.30 bits per heavy atom. The molecule has 1 atom stereocenters. The van der Waals surface area contributed by atoms with Crippen molar-refractivity contribution < 1.29 is 14.0 Å². The van der Waals surface area contributed by atoms with Gasteiger partial charge < -0.3 is 25.2 Å². The van der Waals surface area contributed by atoms with Crippen molar-refractivity contribution in [3.8, 4) is 11.1 Å². The van der Waals surface area contributed by atoms with Crippen LogP contribution in [0.15, 0.2) is 102 Å². The van der Waals surface area contributed by atoms with Gasteiger partial charge in [0.15, 0.2) is 0 Å². The minimum atomic E-state index is -0.516. The lowest BCUT2D eigenvalue weighted by Gasteiger charge is -2.18. The van der Waals surface area contributed by atoms with Gasteiger partial charge in [-0.2, -0.15) is 0 Å². The summed E-state index contributed by atoms with van der Waals surface area (Å²) in [4.78, 5) is 24.4. The Hall–Kier alpha value is -4.32. The number of para-hydroxylation sites is 1. The number of benzene rings is 3. The number of aldehydes is 1. The maximum atomic E-state index is 12.7. The smallest absolute Gasteiger partial charge is 0.253 e. The molecule has 166 valence electrons. The average molecular weight is 440 g/mol. The molecule has 0 radical (unpaired) electrons. The number of nitrogens with one attached hydrogen (secondary N) is 3. The Bertz CT molecular complexity index is 1170. The molecule has 1 unspecified atom stereocenters. The Balaban J connectivity index is 1.36. The zero-order valence-corrected chi connectivity index (χ0v) is 18.0. The first-order valence-electron chi connectivity index (χ1n) is 10.7. The standard InChI is InChI=1S/C27H25N3O3/c31-19-23(17-28-22-14-12-21(13-15-22)20-7-2-1-3-8-20)30-26-11-5-4-10-25(26)27(32)29-18-24-9-6-16-33-24/h1-16,19,23,28,30H,17-18H2,(H,29,32). The number of carbonyl (C=O) groups is 2. The van der Waals surface area contributed by atoms with Crippen LogP contribution in [0, 0.1) is 0 Å². The Morgan fingerprint density at radius 1 is 0.848 bits per heavy atom. The van der Waals surface area contributed by atoms with Gasteiger partial charge >= 0.3 is 0 Å². The highest BCUT2D eigenvalue weighted by molar-refractivity contribution is 5.99. The van der Waals surface area contributed by atoms with Gasteiger partial charge in [0.25, 0.3) is 5.91 Å². The molecular weight excluding hydrogens is 414 g/mol. The first kappa shape index (κ1) is 21.9. The zero-order chi connectivity index (χ0) is 22.9. The number of rotatable bonds is 10. The zero-order valence-electron chi connectivity index (χ0n) is 18.0. The highest BCUT2D eigenvalue weighted by Gasteiger charge is 2.15. The van der Waals surface area contributed by atoms with Crippen LogP contribution in [0.5, 0.6) is 0 Å². The van der Waals surface area contributed by atoms with E-state index in [2.05, 4.69) is 28.1 Å². The van der Waals surface area contributed by atoms with E-state index in [1.54, 1.807) is 36.6 Å². The van der Waals surface area contributed by atoms with Crippen molar-refractivity contribution in [2.75, 3.05) is 17.2 Å². The molecular formula is C27H25N3O3. The van der Waals surface area contributed by atoms with Crippen LogP contribution in [0.1, 0.15) is 16.1 Å². The minimum Gasteiger partial charge on any atom is -0.467 e. The first-order valence-corrected chi connectivity index (χ1v) is 10.7. The highest BCUT2D eigenvalue weighted by Crippen LogP contribution is 2.21. The quantitative estimate of drug-likeness (QED) is 0.304. The van der Waals surface area contributed by atoms with Crippen molar-refractivity contribution >= 4 is 23.6 Å². The molecule has 33 heavy (non-hydrogen) atoms. The lowest BCUT2D eigenvalue weighted by Crippen LogP contribution is -2.31. The number of hydrogen-bond acceptors (Lipinski definition) is 5. The fraction of sp³-hybridized carbons (Fsp3) is 0.111. The van der Waals surface area contributed by atoms with Crippen LogP contribution in [0.3, 0.4) is 0 Å². The summed E-state index contributed by atoms with van der Waals surface area (Å²) in [5.74, 6) is 0.422. The van der Waals surface area contributed by atoms with Gasteiger partial charge in [0, 0.05) is 17.9 Å². The van der Waals surface area contributed by atoms with Gasteiger partial charge in [0.1, 0.15) is 12.0 Å². The Labute approximate surface area is 192 Å². The Morgan fingerprint density at radius 2 is 1.58 bits per heavy atom. The molecule has 6 nitrogen and oxygen atoms in total. The normalized spacial score (nSPS) is 11.4. The SMILES string of the molecule is O=CC(CNc1ccc(-c2ccccc2)cc1)Nc1ccccc1C(=O)NCc1ccco1. The first-order chi connectivity index (χ1) is 16.2. The predicted molar refractivity (Wildman–Crippen MR) is 130 cm³/mol. The van der Waals surface area contributed by atoms with Gasteiger partial charge in [0.2, 0.25) is 0 Å². The van der Waals surface area contributed by atoms with Crippen molar-refractivity contribution in [3.63, 3.8) is 0 Å². The van der Waals surface area contributed by atoms with Crippen LogP contribution in [-0.2, 0) is 11.3 Å². The molecule has 6 heteroatoms. The third-order valence-electron chi connectivity index (χ3n) is 5.20. The average Bonchev–Trinajstić information content (AvgIpc) is 3.40. The second-order valence-corrected chi connectivity index (χ2v) is 7.52. The molecule has 0 fully saturated rings. The van der Waals surface area contributed by atoms with E-state index in [1.807, 2.05) is 48.5 Å². The molecule has 1 aromatic heterocycles. The number of anilines is 2. The largest absolute Gasteiger partial charge is 0.467 e. The van der Waals surface area contributed by atoms with E-state index >= 15 is 0 Å². The van der Waals surface area contributed by atoms with Gasteiger partial charge in [-0.3, -0.25) is 4.79 Å². The maximum Gasteiger partial charge on any atom is 0.253 e. The molecule has 0 bridgehead atoms. The molecule has 0 saturated carbocycles. The van der Waals surface area contributed by atoms with Crippen LogP contribution in [-0.4, -0.2) is 24.8 Å². The molecule has 4 aromatic rings. The summed E-state index contributed by atoms with van der Waals surface area (Å²) >= 11 is 0. The predicted octanol–water partition coefficient (Wildman–Crippen LogP) is 4.97. The highest BCUT2D eigenvalue weighted by atomic mass is 16.3. The summed E-state index contributed by atoms with van der Waals surface area (Å²) in [6.45, 7) is 0.661. The van der Waals surface area contributed by atoms with Gasteiger partial charge in [-0.05, 0) is 47.5 Å². The molecule has 3 N–H and O–H groups in total. The molecule has 1 amide bonds. The molecule has 4 rings (SSSR count). The van der Waals surface area contributed by atoms with E-state index in [0.29, 0.717) is 23.6 Å². The monoisotopic (exact) mass is 439 g/mol. The number of amides is 1. The van der Waals surface area contributed by atoms with Gasteiger partial charge in [-0.15, -0.1) is 0 Å². The van der Waals surface area contributed by atoms with E-state index in [9.17, 15) is 9.59 Å². The van der Waals surface area contributed by atoms with Crippen LogP contribution >= 0.6 is 0 Å². The number of carbonyl (C=O) groups excluding carboxylic acids is 2. The van der Waals surface area contributed by atoms with E-state index < -0.39 is 6.04 Å². The van der Waals surface area contributed by atoms with Gasteiger partial charge in [-0.25, -0.2) is 0 Å². The third kappa shape index (κ3) is 5.89.